The van der Waals surface area contributed by atoms with Gasteiger partial charge in [-0.2, -0.15) is 0 Å². The molecule has 0 radical (unpaired) electrons. The summed E-state index contributed by atoms with van der Waals surface area (Å²) in [6.45, 7) is 3.46. The number of aromatic nitrogens is 2. The Kier molecular flexibility index (Phi) is 12.2. The standard InChI is InChI=1S/C17H30N.C7H4ClNS2/c1-2-3-4-5-6-7-8-9-10-12-15-18-16-13-11-14-17-18;8-4-1-2-6-5(3-4)9-7(10)11-6/h11,13-14,16-17H,2-10,12,15H2,1H3;1-3H,(H,9,10)/q+1;/p-1. The van der Waals surface area contributed by atoms with Gasteiger partial charge in [-0.15, -0.1) is 0 Å². The van der Waals surface area contributed by atoms with E-state index in [0.717, 1.165) is 10.2 Å². The molecule has 0 aliphatic carbocycles. The van der Waals surface area contributed by atoms with Crippen molar-refractivity contribution in [2.75, 3.05) is 0 Å². The summed E-state index contributed by atoms with van der Waals surface area (Å²) in [5.41, 5.74) is 0.896. The maximum atomic E-state index is 5.76. The summed E-state index contributed by atoms with van der Waals surface area (Å²) >= 11 is 12.2. The Balaban J connectivity index is 0.000000230. The van der Waals surface area contributed by atoms with Crippen molar-refractivity contribution in [3.63, 3.8) is 0 Å². The fourth-order valence-corrected chi connectivity index (χ4v) is 4.46. The molecule has 3 aromatic rings. The average molecular weight is 449 g/mol. The van der Waals surface area contributed by atoms with Gasteiger partial charge < -0.3 is 24.0 Å². The van der Waals surface area contributed by atoms with E-state index in [2.05, 4.69) is 47.1 Å². The largest absolute Gasteiger partial charge is 0.408 e. The highest BCUT2D eigenvalue weighted by Gasteiger charge is 1.98. The Morgan fingerprint density at radius 3 is 2.17 bits per heavy atom. The molecule has 0 amide bonds. The van der Waals surface area contributed by atoms with Crippen molar-refractivity contribution >= 4 is 45.8 Å². The summed E-state index contributed by atoms with van der Waals surface area (Å²) < 4.78 is 4.05. The fraction of sp³-hybridized carbons (Fsp3) is 0.500. The third kappa shape index (κ3) is 10.4. The Bertz CT molecular complexity index is 805. The first-order chi connectivity index (χ1) is 14.2. The average Bonchev–Trinajstić information content (AvgIpc) is 3.10. The molecule has 5 heteroatoms. The van der Waals surface area contributed by atoms with Gasteiger partial charge in [0.1, 0.15) is 6.54 Å². The molecule has 3 rings (SSSR count). The molecule has 0 saturated carbocycles. The van der Waals surface area contributed by atoms with Gasteiger partial charge in [-0.3, -0.25) is 4.98 Å². The lowest BCUT2D eigenvalue weighted by Gasteiger charge is -2.01. The predicted molar refractivity (Wildman–Crippen MR) is 129 cm³/mol. The van der Waals surface area contributed by atoms with Crippen molar-refractivity contribution in [2.45, 2.75) is 82.0 Å². The Hall–Kier alpha value is -1.23. The molecular formula is C24H33ClN2S2. The minimum absolute atomic E-state index is 0.669. The van der Waals surface area contributed by atoms with Gasteiger partial charge in [0, 0.05) is 23.6 Å². The smallest absolute Gasteiger partial charge is 0.168 e. The highest BCUT2D eigenvalue weighted by atomic mass is 35.5. The molecule has 0 spiro atoms. The van der Waals surface area contributed by atoms with Crippen LogP contribution in [0.4, 0.5) is 0 Å². The van der Waals surface area contributed by atoms with Crippen LogP contribution in [0.25, 0.3) is 10.2 Å². The van der Waals surface area contributed by atoms with E-state index in [0.29, 0.717) is 9.36 Å². The van der Waals surface area contributed by atoms with Crippen LogP contribution >= 0.6 is 22.9 Å². The lowest BCUT2D eigenvalue weighted by atomic mass is 10.1. The van der Waals surface area contributed by atoms with Gasteiger partial charge in [0.15, 0.2) is 12.4 Å². The zero-order valence-corrected chi connectivity index (χ0v) is 19.9. The van der Waals surface area contributed by atoms with Gasteiger partial charge >= 0.3 is 0 Å². The van der Waals surface area contributed by atoms with E-state index in [1.165, 1.54) is 82.1 Å². The Morgan fingerprint density at radius 2 is 1.52 bits per heavy atom. The van der Waals surface area contributed by atoms with Crippen LogP contribution in [0.3, 0.4) is 0 Å². The van der Waals surface area contributed by atoms with Crippen LogP contribution < -0.4 is 4.57 Å². The molecule has 0 bridgehead atoms. The molecule has 2 nitrogen and oxygen atoms in total. The number of pyridine rings is 1. The van der Waals surface area contributed by atoms with Crippen LogP contribution in [-0.4, -0.2) is 4.98 Å². The quantitative estimate of drug-likeness (QED) is 0.169. The molecule has 29 heavy (non-hydrogen) atoms. The van der Waals surface area contributed by atoms with Gasteiger partial charge in [-0.1, -0.05) is 82.0 Å². The van der Waals surface area contributed by atoms with Gasteiger partial charge in [-0.25, -0.2) is 4.57 Å². The van der Waals surface area contributed by atoms with Crippen LogP contribution in [0.1, 0.15) is 71.1 Å². The molecule has 1 aromatic carbocycles. The third-order valence-electron chi connectivity index (χ3n) is 4.88. The van der Waals surface area contributed by atoms with E-state index in [4.69, 9.17) is 24.2 Å². The van der Waals surface area contributed by atoms with Crippen LogP contribution in [0.15, 0.2) is 53.1 Å². The zero-order chi connectivity index (χ0) is 20.7. The number of halogens is 1. The molecule has 0 atom stereocenters. The second-order valence-electron chi connectivity index (χ2n) is 7.39. The van der Waals surface area contributed by atoms with Crippen LogP contribution in [0.2, 0.25) is 5.02 Å². The highest BCUT2D eigenvalue weighted by Crippen LogP contribution is 2.24. The van der Waals surface area contributed by atoms with Crippen molar-refractivity contribution in [3.8, 4) is 0 Å². The number of fused-ring (bicyclic) bond motifs is 1. The maximum Gasteiger partial charge on any atom is 0.168 e. The van der Waals surface area contributed by atoms with Gasteiger partial charge in [0.2, 0.25) is 0 Å². The SMILES string of the molecule is CCCCCCCCCCCC[n+]1ccccc1.[S-]c1nc2cc(Cl)ccc2s1. The van der Waals surface area contributed by atoms with Crippen molar-refractivity contribution in [1.29, 1.82) is 0 Å². The van der Waals surface area contributed by atoms with E-state index in [1.54, 1.807) is 0 Å². The lowest BCUT2D eigenvalue weighted by Crippen LogP contribution is -2.32. The van der Waals surface area contributed by atoms with E-state index < -0.39 is 0 Å². The van der Waals surface area contributed by atoms with Crippen LogP contribution in [0.5, 0.6) is 0 Å². The molecule has 0 N–H and O–H groups in total. The second kappa shape index (κ2) is 14.7. The number of hydrogen-bond acceptors (Lipinski definition) is 3. The monoisotopic (exact) mass is 448 g/mol. The minimum atomic E-state index is 0.669. The van der Waals surface area contributed by atoms with Gasteiger partial charge in [0.25, 0.3) is 0 Å². The zero-order valence-electron chi connectivity index (χ0n) is 17.5. The van der Waals surface area contributed by atoms with Gasteiger partial charge in [-0.05, 0) is 27.6 Å². The van der Waals surface area contributed by atoms with Crippen molar-refractivity contribution in [3.05, 3.63) is 53.8 Å². The van der Waals surface area contributed by atoms with E-state index in [9.17, 15) is 0 Å². The van der Waals surface area contributed by atoms with E-state index in [1.807, 2.05) is 18.2 Å². The molecule has 0 saturated heterocycles. The first-order valence-corrected chi connectivity index (χ1v) is 12.5. The van der Waals surface area contributed by atoms with Crippen molar-refractivity contribution < 1.29 is 4.57 Å². The number of nitrogens with zero attached hydrogens (tertiary/aromatic N) is 2. The molecule has 0 unspecified atom stereocenters. The van der Waals surface area contributed by atoms with Crippen molar-refractivity contribution in [2.24, 2.45) is 0 Å². The predicted octanol–water partition coefficient (Wildman–Crippen LogP) is 7.75. The number of aryl methyl sites for hydroxylation is 1. The van der Waals surface area contributed by atoms with E-state index >= 15 is 0 Å². The fourth-order valence-electron chi connectivity index (χ4n) is 3.24. The number of rotatable bonds is 11. The van der Waals surface area contributed by atoms with Crippen molar-refractivity contribution in [1.82, 2.24) is 4.98 Å². The first-order valence-electron chi connectivity index (χ1n) is 10.9. The summed E-state index contributed by atoms with van der Waals surface area (Å²) in [5, 5.41) is 0.706. The molecule has 0 aliphatic heterocycles. The number of hydrogen-bond donors (Lipinski definition) is 0. The number of unbranched alkanes of at least 4 members (excludes halogenated alkanes) is 9. The topological polar surface area (TPSA) is 16.8 Å². The molecular weight excluding hydrogens is 416 g/mol. The van der Waals surface area contributed by atoms with Crippen LogP contribution in [-0.2, 0) is 19.2 Å². The van der Waals surface area contributed by atoms with Gasteiger partial charge in [0.05, 0.1) is 5.52 Å². The Labute approximate surface area is 190 Å². The third-order valence-corrected chi connectivity index (χ3v) is 6.28. The molecule has 0 fully saturated rings. The number of thiazole rings is 1. The second-order valence-corrected chi connectivity index (χ2v) is 9.50. The number of benzene rings is 1. The highest BCUT2D eigenvalue weighted by molar-refractivity contribution is 7.63. The molecule has 0 aliphatic rings. The Morgan fingerprint density at radius 1 is 0.897 bits per heavy atom. The molecule has 2 aromatic heterocycles. The van der Waals surface area contributed by atoms with E-state index in [-0.39, 0.29) is 0 Å². The summed E-state index contributed by atoms with van der Waals surface area (Å²) in [6.07, 6.45) is 18.5. The molecule has 2 heterocycles. The summed E-state index contributed by atoms with van der Waals surface area (Å²) in [4.78, 5) is 4.12. The summed E-state index contributed by atoms with van der Waals surface area (Å²) in [7, 11) is 0. The summed E-state index contributed by atoms with van der Waals surface area (Å²) in [6, 6.07) is 11.9. The molecule has 158 valence electrons. The lowest BCUT2D eigenvalue weighted by molar-refractivity contribution is -0.697. The first kappa shape index (κ1) is 24.0. The normalized spacial score (nSPS) is 10.7. The summed E-state index contributed by atoms with van der Waals surface area (Å²) in [5.74, 6) is 0. The van der Waals surface area contributed by atoms with Crippen LogP contribution in [0, 0.1) is 0 Å². The minimum Gasteiger partial charge on any atom is -0.408 e. The maximum absolute atomic E-state index is 5.76.